The molecule has 156 valence electrons. The maximum atomic E-state index is 12.9. The van der Waals surface area contributed by atoms with Crippen molar-refractivity contribution < 1.29 is 14.3 Å². The second-order valence-corrected chi connectivity index (χ2v) is 6.88. The van der Waals surface area contributed by atoms with E-state index in [1.807, 2.05) is 84.7 Å². The maximum Gasteiger partial charge on any atom is 0.321 e. The summed E-state index contributed by atoms with van der Waals surface area (Å²) in [6, 6.07) is 23.1. The average Bonchev–Trinajstić information content (AvgIpc) is 2.79. The number of ether oxygens (including phenoxy) is 2. The molecule has 0 saturated carbocycles. The summed E-state index contributed by atoms with van der Waals surface area (Å²) in [5, 5.41) is 3.02. The molecule has 0 heterocycles. The number of carbonyl (C=O) groups excluding carboxylic acids is 1. The minimum absolute atomic E-state index is 0.207. The quantitative estimate of drug-likeness (QED) is 0.592. The van der Waals surface area contributed by atoms with Crippen molar-refractivity contribution in [1.82, 2.24) is 4.90 Å². The molecule has 0 aliphatic carbocycles. The largest absolute Gasteiger partial charge is 0.497 e. The summed E-state index contributed by atoms with van der Waals surface area (Å²) in [5.41, 5.74) is 3.58. The van der Waals surface area contributed by atoms with Crippen LogP contribution in [0, 0.1) is 0 Å². The van der Waals surface area contributed by atoms with Gasteiger partial charge in [0.15, 0.2) is 0 Å². The normalized spacial score (nSPS) is 10.3. The van der Waals surface area contributed by atoms with E-state index in [0.717, 1.165) is 22.6 Å². The van der Waals surface area contributed by atoms with E-state index in [4.69, 9.17) is 9.47 Å². The first kappa shape index (κ1) is 21.0. The summed E-state index contributed by atoms with van der Waals surface area (Å²) in [7, 11) is 6.95. The highest BCUT2D eigenvalue weighted by atomic mass is 16.5. The number of para-hydroxylation sites is 3. The number of hydrogen-bond acceptors (Lipinski definition) is 4. The van der Waals surface area contributed by atoms with Crippen LogP contribution in [-0.4, -0.2) is 39.2 Å². The van der Waals surface area contributed by atoms with Gasteiger partial charge in [-0.2, -0.15) is 0 Å². The summed E-state index contributed by atoms with van der Waals surface area (Å²) in [6.07, 6.45) is 0. The number of nitrogens with one attached hydrogen (secondary N) is 1. The molecule has 1 N–H and O–H groups in total. The Morgan fingerprint density at radius 2 is 1.60 bits per heavy atom. The molecule has 2 amide bonds. The van der Waals surface area contributed by atoms with Crippen LogP contribution in [0.5, 0.6) is 11.5 Å². The van der Waals surface area contributed by atoms with E-state index < -0.39 is 0 Å². The van der Waals surface area contributed by atoms with E-state index in [9.17, 15) is 4.79 Å². The fourth-order valence-corrected chi connectivity index (χ4v) is 3.18. The third-order valence-electron chi connectivity index (χ3n) is 4.90. The van der Waals surface area contributed by atoms with Crippen LogP contribution >= 0.6 is 0 Å². The number of anilines is 3. The number of nitrogens with zero attached hydrogens (tertiary/aromatic N) is 2. The standard InChI is InChI=1S/C24H27N3O3/c1-26(17-18-14-15-20(29-3)16-23(18)30-4)24(28)25-21-12-8-9-13-22(21)27(2)19-10-6-5-7-11-19/h5-16H,17H2,1-4H3,(H,25,28). The lowest BCUT2D eigenvalue weighted by Gasteiger charge is -2.25. The van der Waals surface area contributed by atoms with Crippen molar-refractivity contribution in [3.8, 4) is 11.5 Å². The highest BCUT2D eigenvalue weighted by molar-refractivity contribution is 5.94. The Morgan fingerprint density at radius 3 is 2.30 bits per heavy atom. The smallest absolute Gasteiger partial charge is 0.321 e. The Bertz CT molecular complexity index is 992. The minimum Gasteiger partial charge on any atom is -0.497 e. The second kappa shape index (κ2) is 9.69. The molecule has 3 rings (SSSR count). The molecule has 30 heavy (non-hydrogen) atoms. The molecule has 0 fully saturated rings. The van der Waals surface area contributed by atoms with Gasteiger partial charge in [-0.3, -0.25) is 0 Å². The molecular formula is C24H27N3O3. The van der Waals surface area contributed by atoms with Crippen molar-refractivity contribution in [2.45, 2.75) is 6.54 Å². The highest BCUT2D eigenvalue weighted by Crippen LogP contribution is 2.31. The zero-order chi connectivity index (χ0) is 21.5. The molecule has 0 saturated heterocycles. The topological polar surface area (TPSA) is 54.0 Å². The number of methoxy groups -OCH3 is 2. The van der Waals surface area contributed by atoms with E-state index in [2.05, 4.69) is 5.32 Å². The Kier molecular flexibility index (Phi) is 6.80. The number of amides is 2. The van der Waals surface area contributed by atoms with Gasteiger partial charge in [0.1, 0.15) is 11.5 Å². The molecule has 0 radical (unpaired) electrons. The summed E-state index contributed by atoms with van der Waals surface area (Å²) in [4.78, 5) is 16.5. The van der Waals surface area contributed by atoms with Crippen molar-refractivity contribution in [1.29, 1.82) is 0 Å². The zero-order valence-electron chi connectivity index (χ0n) is 17.8. The lowest BCUT2D eigenvalue weighted by atomic mass is 10.2. The van der Waals surface area contributed by atoms with Crippen LogP contribution in [0.3, 0.4) is 0 Å². The van der Waals surface area contributed by atoms with E-state index in [0.29, 0.717) is 18.0 Å². The van der Waals surface area contributed by atoms with Crippen LogP contribution in [-0.2, 0) is 6.54 Å². The first-order chi connectivity index (χ1) is 14.5. The summed E-state index contributed by atoms with van der Waals surface area (Å²) in [5.74, 6) is 1.39. The number of carbonyl (C=O) groups is 1. The first-order valence-corrected chi connectivity index (χ1v) is 9.64. The molecule has 0 spiro atoms. The van der Waals surface area contributed by atoms with Gasteiger partial charge in [-0.25, -0.2) is 4.79 Å². The van der Waals surface area contributed by atoms with Gasteiger partial charge in [-0.05, 0) is 36.4 Å². The van der Waals surface area contributed by atoms with Crippen LogP contribution in [0.2, 0.25) is 0 Å². The van der Waals surface area contributed by atoms with Gasteiger partial charge in [-0.15, -0.1) is 0 Å². The monoisotopic (exact) mass is 405 g/mol. The molecule has 3 aromatic rings. The van der Waals surface area contributed by atoms with Gasteiger partial charge in [0, 0.05) is 31.4 Å². The van der Waals surface area contributed by atoms with Gasteiger partial charge < -0.3 is 24.6 Å². The zero-order valence-corrected chi connectivity index (χ0v) is 17.8. The van der Waals surface area contributed by atoms with Crippen molar-refractivity contribution in [2.24, 2.45) is 0 Å². The predicted molar refractivity (Wildman–Crippen MR) is 121 cm³/mol. The molecule has 6 heteroatoms. The second-order valence-electron chi connectivity index (χ2n) is 6.88. The van der Waals surface area contributed by atoms with Gasteiger partial charge in [0.25, 0.3) is 0 Å². The van der Waals surface area contributed by atoms with Crippen molar-refractivity contribution in [3.05, 3.63) is 78.4 Å². The predicted octanol–water partition coefficient (Wildman–Crippen LogP) is 5.14. The molecule has 3 aromatic carbocycles. The molecule has 0 atom stereocenters. The van der Waals surface area contributed by atoms with Gasteiger partial charge >= 0.3 is 6.03 Å². The van der Waals surface area contributed by atoms with Crippen molar-refractivity contribution in [3.63, 3.8) is 0 Å². The lowest BCUT2D eigenvalue weighted by molar-refractivity contribution is 0.220. The van der Waals surface area contributed by atoms with Crippen LogP contribution in [0.25, 0.3) is 0 Å². The van der Waals surface area contributed by atoms with Gasteiger partial charge in [0.2, 0.25) is 0 Å². The van der Waals surface area contributed by atoms with E-state index >= 15 is 0 Å². The maximum absolute atomic E-state index is 12.9. The third kappa shape index (κ3) is 4.84. The highest BCUT2D eigenvalue weighted by Gasteiger charge is 2.16. The Labute approximate surface area is 177 Å². The van der Waals surface area contributed by atoms with Crippen LogP contribution in [0.15, 0.2) is 72.8 Å². The fourth-order valence-electron chi connectivity index (χ4n) is 3.18. The van der Waals surface area contributed by atoms with Gasteiger partial charge in [-0.1, -0.05) is 30.3 Å². The Morgan fingerprint density at radius 1 is 0.900 bits per heavy atom. The van der Waals surface area contributed by atoms with Crippen molar-refractivity contribution in [2.75, 3.05) is 38.5 Å². The van der Waals surface area contributed by atoms with E-state index in [1.54, 1.807) is 26.2 Å². The minimum atomic E-state index is -0.207. The number of rotatable bonds is 7. The average molecular weight is 405 g/mol. The van der Waals surface area contributed by atoms with Crippen LogP contribution < -0.4 is 19.7 Å². The molecule has 6 nitrogen and oxygen atoms in total. The van der Waals surface area contributed by atoms with Crippen LogP contribution in [0.4, 0.5) is 21.9 Å². The number of hydrogen-bond donors (Lipinski definition) is 1. The van der Waals surface area contributed by atoms with Crippen molar-refractivity contribution >= 4 is 23.1 Å². The third-order valence-corrected chi connectivity index (χ3v) is 4.90. The molecule has 0 bridgehead atoms. The fraction of sp³-hybridized carbons (Fsp3) is 0.208. The summed E-state index contributed by atoms with van der Waals surface area (Å²) < 4.78 is 10.7. The van der Waals surface area contributed by atoms with E-state index in [1.165, 1.54) is 0 Å². The molecule has 0 aromatic heterocycles. The Hall–Kier alpha value is -3.67. The summed E-state index contributed by atoms with van der Waals surface area (Å²) in [6.45, 7) is 0.399. The molecule has 0 aliphatic heterocycles. The van der Waals surface area contributed by atoms with E-state index in [-0.39, 0.29) is 6.03 Å². The number of benzene rings is 3. The summed E-state index contributed by atoms with van der Waals surface area (Å²) >= 11 is 0. The lowest BCUT2D eigenvalue weighted by Crippen LogP contribution is -2.31. The number of urea groups is 1. The first-order valence-electron chi connectivity index (χ1n) is 9.64. The molecule has 0 unspecified atom stereocenters. The van der Waals surface area contributed by atoms with Crippen LogP contribution in [0.1, 0.15) is 5.56 Å². The Balaban J connectivity index is 1.75. The van der Waals surface area contributed by atoms with Gasteiger partial charge in [0.05, 0.1) is 32.1 Å². The molecular weight excluding hydrogens is 378 g/mol. The molecule has 0 aliphatic rings. The SMILES string of the molecule is COc1ccc(CN(C)C(=O)Nc2ccccc2N(C)c2ccccc2)c(OC)c1.